The van der Waals surface area contributed by atoms with Crippen molar-refractivity contribution in [1.82, 2.24) is 20.4 Å². The second kappa shape index (κ2) is 9.25. The summed E-state index contributed by atoms with van der Waals surface area (Å²) in [6.45, 7) is 4.15. The molecule has 1 aliphatic heterocycles. The summed E-state index contributed by atoms with van der Waals surface area (Å²) in [6.07, 6.45) is 3.87. The van der Waals surface area contributed by atoms with E-state index >= 15 is 0 Å². The lowest BCUT2D eigenvalue weighted by Crippen LogP contribution is -2.33. The van der Waals surface area contributed by atoms with E-state index in [1.807, 2.05) is 19.4 Å². The van der Waals surface area contributed by atoms with Gasteiger partial charge in [-0.25, -0.2) is 0 Å². The summed E-state index contributed by atoms with van der Waals surface area (Å²) in [6, 6.07) is 16.8. The molecule has 2 N–H and O–H groups in total. The van der Waals surface area contributed by atoms with E-state index < -0.39 is 0 Å². The number of nitrogens with zero attached hydrogens (tertiary/aromatic N) is 2. The van der Waals surface area contributed by atoms with Crippen LogP contribution < -0.4 is 10.6 Å². The zero-order chi connectivity index (χ0) is 19.5. The van der Waals surface area contributed by atoms with Gasteiger partial charge in [0.25, 0.3) is 0 Å². The zero-order valence-electron chi connectivity index (χ0n) is 16.8. The third-order valence-electron chi connectivity index (χ3n) is 5.45. The maximum absolute atomic E-state index is 12.8. The van der Waals surface area contributed by atoms with Crippen molar-refractivity contribution in [2.45, 2.75) is 19.4 Å². The minimum absolute atomic E-state index is 0. The van der Waals surface area contributed by atoms with Crippen LogP contribution in [0.3, 0.4) is 0 Å². The Balaban J connectivity index is 0.00000240. The van der Waals surface area contributed by atoms with Crippen LogP contribution in [-0.2, 0) is 18.4 Å². The Morgan fingerprint density at radius 3 is 2.66 bits per heavy atom. The van der Waals surface area contributed by atoms with Gasteiger partial charge in [-0.2, -0.15) is 5.10 Å². The molecular weight excluding hydrogens is 384 g/mol. The molecule has 4 rings (SSSR count). The van der Waals surface area contributed by atoms with Crippen LogP contribution in [0.4, 0.5) is 0 Å². The fraction of sp³-hybridized carbons (Fsp3) is 0.304. The molecule has 6 heteroatoms. The summed E-state index contributed by atoms with van der Waals surface area (Å²) < 4.78 is 1.79. The molecule has 3 aromatic rings. The fourth-order valence-corrected chi connectivity index (χ4v) is 3.94. The van der Waals surface area contributed by atoms with Crippen LogP contribution >= 0.6 is 12.4 Å². The number of hydrogen-bond donors (Lipinski definition) is 2. The number of carbonyl (C=O) groups is 1. The van der Waals surface area contributed by atoms with Gasteiger partial charge in [0.1, 0.15) is 0 Å². The first-order valence-electron chi connectivity index (χ1n) is 9.73. The number of carbonyl (C=O) groups excluding carboxylic acids is 1. The molecule has 2 heterocycles. The number of rotatable bonds is 5. The van der Waals surface area contributed by atoms with Crippen LogP contribution in [0.2, 0.25) is 0 Å². The lowest BCUT2D eigenvalue weighted by atomic mass is 9.90. The molecule has 152 valence electrons. The molecule has 1 fully saturated rings. The van der Waals surface area contributed by atoms with Gasteiger partial charge in [0.2, 0.25) is 5.91 Å². The third-order valence-corrected chi connectivity index (χ3v) is 5.45. The Labute approximate surface area is 177 Å². The summed E-state index contributed by atoms with van der Waals surface area (Å²) in [5, 5.41) is 10.7. The monoisotopic (exact) mass is 410 g/mol. The van der Waals surface area contributed by atoms with Gasteiger partial charge in [0.05, 0.1) is 12.1 Å². The van der Waals surface area contributed by atoms with E-state index in [2.05, 4.69) is 71.2 Å². The SMILES string of the molecule is Cc1cccc(-c2cccc(CNC(=O)[C@H]3CNC[C@@H]3c3cnn(C)c3)c2)c1.Cl. The molecule has 29 heavy (non-hydrogen) atoms. The van der Waals surface area contributed by atoms with E-state index in [0.29, 0.717) is 13.1 Å². The van der Waals surface area contributed by atoms with Gasteiger partial charge in [-0.05, 0) is 35.2 Å². The van der Waals surface area contributed by atoms with Gasteiger partial charge < -0.3 is 10.6 Å². The van der Waals surface area contributed by atoms with Gasteiger partial charge in [0.15, 0.2) is 0 Å². The topological polar surface area (TPSA) is 59.0 Å². The molecule has 0 aliphatic carbocycles. The first-order chi connectivity index (χ1) is 13.6. The van der Waals surface area contributed by atoms with E-state index in [4.69, 9.17) is 0 Å². The predicted molar refractivity (Wildman–Crippen MR) is 118 cm³/mol. The molecule has 0 unspecified atom stereocenters. The highest BCUT2D eigenvalue weighted by Crippen LogP contribution is 2.28. The second-order valence-electron chi connectivity index (χ2n) is 7.61. The molecule has 1 aromatic heterocycles. The Morgan fingerprint density at radius 1 is 1.17 bits per heavy atom. The molecule has 5 nitrogen and oxygen atoms in total. The molecule has 0 bridgehead atoms. The maximum atomic E-state index is 12.8. The van der Waals surface area contributed by atoms with Gasteiger partial charge in [-0.3, -0.25) is 9.48 Å². The van der Waals surface area contributed by atoms with E-state index in [1.165, 1.54) is 16.7 Å². The van der Waals surface area contributed by atoms with Gasteiger partial charge in [0, 0.05) is 38.8 Å². The lowest BCUT2D eigenvalue weighted by molar-refractivity contribution is -0.125. The predicted octanol–water partition coefficient (Wildman–Crippen LogP) is 3.44. The maximum Gasteiger partial charge on any atom is 0.225 e. The average Bonchev–Trinajstić information content (AvgIpc) is 3.35. The summed E-state index contributed by atoms with van der Waals surface area (Å²) in [4.78, 5) is 12.8. The van der Waals surface area contributed by atoms with Crippen LogP contribution in [0.25, 0.3) is 11.1 Å². The number of benzene rings is 2. The smallest absolute Gasteiger partial charge is 0.225 e. The minimum Gasteiger partial charge on any atom is -0.352 e. The van der Waals surface area contributed by atoms with E-state index in [9.17, 15) is 4.79 Å². The van der Waals surface area contributed by atoms with Crippen molar-refractivity contribution >= 4 is 18.3 Å². The molecule has 2 aromatic carbocycles. The first-order valence-corrected chi connectivity index (χ1v) is 9.73. The van der Waals surface area contributed by atoms with Crippen LogP contribution in [0, 0.1) is 12.8 Å². The standard InChI is InChI=1S/C23H26N4O.ClH/c1-16-5-3-7-18(9-16)19-8-4-6-17(10-19)11-25-23(28)22-14-24-13-21(22)20-12-26-27(2)15-20;/h3-10,12,15,21-22,24H,11,13-14H2,1-2H3,(H,25,28);1H/t21-,22+;/m1./s1. The average molecular weight is 411 g/mol. The normalized spacial score (nSPS) is 18.3. The molecule has 1 amide bonds. The fourth-order valence-electron chi connectivity index (χ4n) is 3.94. The Bertz CT molecular complexity index is 984. The largest absolute Gasteiger partial charge is 0.352 e. The van der Waals surface area contributed by atoms with Crippen molar-refractivity contribution in [2.24, 2.45) is 13.0 Å². The lowest BCUT2D eigenvalue weighted by Gasteiger charge is -2.17. The van der Waals surface area contributed by atoms with Crippen molar-refractivity contribution < 1.29 is 4.79 Å². The number of halogens is 1. The summed E-state index contributed by atoms with van der Waals surface area (Å²) in [7, 11) is 1.90. The number of nitrogens with one attached hydrogen (secondary N) is 2. The highest BCUT2D eigenvalue weighted by Gasteiger charge is 2.34. The van der Waals surface area contributed by atoms with E-state index in [1.54, 1.807) is 4.68 Å². The molecule has 2 atom stereocenters. The molecule has 0 radical (unpaired) electrons. The molecule has 1 aliphatic rings. The summed E-state index contributed by atoms with van der Waals surface area (Å²) in [5.41, 5.74) is 5.84. The quantitative estimate of drug-likeness (QED) is 0.677. The van der Waals surface area contributed by atoms with Crippen LogP contribution in [0.1, 0.15) is 22.6 Å². The van der Waals surface area contributed by atoms with Crippen molar-refractivity contribution in [3.63, 3.8) is 0 Å². The van der Waals surface area contributed by atoms with Crippen molar-refractivity contribution in [3.8, 4) is 11.1 Å². The minimum atomic E-state index is -0.0656. The molecule has 1 saturated heterocycles. The van der Waals surface area contributed by atoms with E-state index in [0.717, 1.165) is 17.7 Å². The van der Waals surface area contributed by atoms with Crippen LogP contribution in [0.5, 0.6) is 0 Å². The Morgan fingerprint density at radius 2 is 1.93 bits per heavy atom. The highest BCUT2D eigenvalue weighted by molar-refractivity contribution is 5.85. The van der Waals surface area contributed by atoms with E-state index in [-0.39, 0.29) is 30.2 Å². The molecule has 0 saturated carbocycles. The Kier molecular flexibility index (Phi) is 6.72. The Hall–Kier alpha value is -2.63. The summed E-state index contributed by atoms with van der Waals surface area (Å²) >= 11 is 0. The van der Waals surface area contributed by atoms with Gasteiger partial charge in [-0.1, -0.05) is 48.0 Å². The number of amides is 1. The number of aryl methyl sites for hydroxylation is 2. The van der Waals surface area contributed by atoms with Crippen molar-refractivity contribution in [3.05, 3.63) is 77.6 Å². The van der Waals surface area contributed by atoms with Gasteiger partial charge in [-0.15, -0.1) is 12.4 Å². The first kappa shape index (κ1) is 21.1. The zero-order valence-corrected chi connectivity index (χ0v) is 17.6. The van der Waals surface area contributed by atoms with Crippen LogP contribution in [0.15, 0.2) is 60.9 Å². The second-order valence-corrected chi connectivity index (χ2v) is 7.61. The van der Waals surface area contributed by atoms with Crippen molar-refractivity contribution in [2.75, 3.05) is 13.1 Å². The van der Waals surface area contributed by atoms with Crippen molar-refractivity contribution in [1.29, 1.82) is 0 Å². The van der Waals surface area contributed by atoms with Crippen LogP contribution in [-0.4, -0.2) is 28.8 Å². The number of hydrogen-bond acceptors (Lipinski definition) is 3. The summed E-state index contributed by atoms with van der Waals surface area (Å²) in [5.74, 6) is 0.205. The molecule has 0 spiro atoms. The van der Waals surface area contributed by atoms with Gasteiger partial charge >= 0.3 is 0 Å². The molecular formula is C23H27ClN4O. The highest BCUT2D eigenvalue weighted by atomic mass is 35.5. The number of aromatic nitrogens is 2. The third kappa shape index (κ3) is 4.86.